The summed E-state index contributed by atoms with van der Waals surface area (Å²) in [7, 11) is 0. The van der Waals surface area contributed by atoms with Crippen LogP contribution in [0.4, 0.5) is 0 Å². The number of carbonyl (C=O) groups is 1. The Morgan fingerprint density at radius 2 is 2.00 bits per heavy atom. The first-order valence-electron chi connectivity index (χ1n) is 6.45. The summed E-state index contributed by atoms with van der Waals surface area (Å²) in [5.41, 5.74) is 6.05. The predicted molar refractivity (Wildman–Crippen MR) is 65.6 cm³/mol. The van der Waals surface area contributed by atoms with E-state index < -0.39 is 0 Å². The second-order valence-electron chi connectivity index (χ2n) is 5.23. The number of amides is 1. The van der Waals surface area contributed by atoms with Gasteiger partial charge in [-0.3, -0.25) is 9.69 Å². The molecule has 0 aromatic rings. The van der Waals surface area contributed by atoms with E-state index in [1.165, 1.54) is 0 Å². The van der Waals surface area contributed by atoms with E-state index in [2.05, 4.69) is 11.8 Å². The highest BCUT2D eigenvalue weighted by molar-refractivity contribution is 5.81. The molecule has 5 heteroatoms. The van der Waals surface area contributed by atoms with Crippen molar-refractivity contribution in [1.82, 2.24) is 9.80 Å². The van der Waals surface area contributed by atoms with E-state index in [0.29, 0.717) is 13.2 Å². The van der Waals surface area contributed by atoms with Crippen molar-refractivity contribution in [1.29, 1.82) is 0 Å². The standard InChI is InChI=1S/C12H23N3O2/c1-3-12(13)8-15(9-12)10(2)11(16)14-4-6-17-7-5-14/h10H,3-9,13H2,1-2H3. The van der Waals surface area contributed by atoms with E-state index in [0.717, 1.165) is 32.6 Å². The van der Waals surface area contributed by atoms with Crippen molar-refractivity contribution in [3.8, 4) is 0 Å². The van der Waals surface area contributed by atoms with Gasteiger partial charge in [-0.05, 0) is 13.3 Å². The number of hydrogen-bond donors (Lipinski definition) is 1. The molecular formula is C12H23N3O2. The highest BCUT2D eigenvalue weighted by Gasteiger charge is 2.42. The van der Waals surface area contributed by atoms with Crippen LogP contribution in [-0.4, -0.2) is 66.7 Å². The van der Waals surface area contributed by atoms with Gasteiger partial charge in [-0.2, -0.15) is 0 Å². The fourth-order valence-corrected chi connectivity index (χ4v) is 2.46. The van der Waals surface area contributed by atoms with E-state index in [-0.39, 0.29) is 17.5 Å². The summed E-state index contributed by atoms with van der Waals surface area (Å²) in [6.07, 6.45) is 0.974. The lowest BCUT2D eigenvalue weighted by Crippen LogP contribution is -2.70. The maximum absolute atomic E-state index is 12.2. The molecule has 2 saturated heterocycles. The molecule has 2 aliphatic rings. The minimum Gasteiger partial charge on any atom is -0.378 e. The largest absolute Gasteiger partial charge is 0.378 e. The Labute approximate surface area is 103 Å². The molecule has 2 fully saturated rings. The van der Waals surface area contributed by atoms with Gasteiger partial charge in [0.15, 0.2) is 0 Å². The van der Waals surface area contributed by atoms with Gasteiger partial charge in [0, 0.05) is 31.7 Å². The number of rotatable bonds is 3. The molecule has 98 valence electrons. The average Bonchev–Trinajstić information content (AvgIpc) is 2.34. The summed E-state index contributed by atoms with van der Waals surface area (Å²) in [5, 5.41) is 0. The summed E-state index contributed by atoms with van der Waals surface area (Å²) in [5.74, 6) is 0.214. The zero-order chi connectivity index (χ0) is 12.5. The first-order valence-corrected chi connectivity index (χ1v) is 6.45. The topological polar surface area (TPSA) is 58.8 Å². The number of nitrogens with two attached hydrogens (primary N) is 1. The van der Waals surface area contributed by atoms with Crippen LogP contribution in [0.25, 0.3) is 0 Å². The Balaban J connectivity index is 1.84. The van der Waals surface area contributed by atoms with Crippen LogP contribution < -0.4 is 5.73 Å². The van der Waals surface area contributed by atoms with Gasteiger partial charge in [0.05, 0.1) is 19.3 Å². The van der Waals surface area contributed by atoms with Gasteiger partial charge < -0.3 is 15.4 Å². The Morgan fingerprint density at radius 1 is 1.41 bits per heavy atom. The lowest BCUT2D eigenvalue weighted by molar-refractivity contribution is -0.143. The summed E-state index contributed by atoms with van der Waals surface area (Å²) >= 11 is 0. The molecule has 0 saturated carbocycles. The zero-order valence-corrected chi connectivity index (χ0v) is 10.8. The zero-order valence-electron chi connectivity index (χ0n) is 10.8. The van der Waals surface area contributed by atoms with Crippen molar-refractivity contribution in [2.75, 3.05) is 39.4 Å². The van der Waals surface area contributed by atoms with Gasteiger partial charge in [0.1, 0.15) is 0 Å². The van der Waals surface area contributed by atoms with Crippen molar-refractivity contribution >= 4 is 5.91 Å². The third-order valence-electron chi connectivity index (χ3n) is 3.97. The molecule has 0 aliphatic carbocycles. The lowest BCUT2D eigenvalue weighted by Gasteiger charge is -2.50. The quantitative estimate of drug-likeness (QED) is 0.734. The monoisotopic (exact) mass is 241 g/mol. The van der Waals surface area contributed by atoms with Crippen LogP contribution >= 0.6 is 0 Å². The molecule has 0 spiro atoms. The van der Waals surface area contributed by atoms with Crippen molar-refractivity contribution in [3.05, 3.63) is 0 Å². The van der Waals surface area contributed by atoms with E-state index in [4.69, 9.17) is 10.5 Å². The smallest absolute Gasteiger partial charge is 0.239 e. The lowest BCUT2D eigenvalue weighted by atomic mass is 9.87. The second kappa shape index (κ2) is 4.92. The number of nitrogens with zero attached hydrogens (tertiary/aromatic N) is 2. The number of morpholine rings is 1. The highest BCUT2D eigenvalue weighted by Crippen LogP contribution is 2.24. The normalized spacial score (nSPS) is 26.4. The molecule has 2 N–H and O–H groups in total. The van der Waals surface area contributed by atoms with Crippen molar-refractivity contribution in [2.24, 2.45) is 5.73 Å². The maximum Gasteiger partial charge on any atom is 0.239 e. The molecule has 0 aromatic heterocycles. The minimum atomic E-state index is -0.0699. The second-order valence-corrected chi connectivity index (χ2v) is 5.23. The third-order valence-corrected chi connectivity index (χ3v) is 3.97. The molecular weight excluding hydrogens is 218 g/mol. The van der Waals surface area contributed by atoms with Crippen molar-refractivity contribution < 1.29 is 9.53 Å². The SMILES string of the molecule is CCC1(N)CN(C(C)C(=O)N2CCOCC2)C1. The maximum atomic E-state index is 12.2. The molecule has 0 aromatic carbocycles. The first kappa shape index (κ1) is 12.8. The van der Waals surface area contributed by atoms with Gasteiger partial charge in [-0.25, -0.2) is 0 Å². The van der Waals surface area contributed by atoms with E-state index in [1.54, 1.807) is 0 Å². The molecule has 2 rings (SSSR count). The molecule has 0 bridgehead atoms. The fraction of sp³-hybridized carbons (Fsp3) is 0.917. The van der Waals surface area contributed by atoms with E-state index in [9.17, 15) is 4.79 Å². The summed E-state index contributed by atoms with van der Waals surface area (Å²) < 4.78 is 5.25. The van der Waals surface area contributed by atoms with Crippen LogP contribution in [0, 0.1) is 0 Å². The molecule has 2 heterocycles. The van der Waals surface area contributed by atoms with Gasteiger partial charge in [-0.1, -0.05) is 6.92 Å². The van der Waals surface area contributed by atoms with Gasteiger partial charge in [-0.15, -0.1) is 0 Å². The van der Waals surface area contributed by atoms with Gasteiger partial charge in [0.2, 0.25) is 5.91 Å². The highest BCUT2D eigenvalue weighted by atomic mass is 16.5. The molecule has 17 heavy (non-hydrogen) atoms. The molecule has 0 radical (unpaired) electrons. The molecule has 1 atom stereocenters. The summed E-state index contributed by atoms with van der Waals surface area (Å²) in [6.45, 7) is 8.51. The Morgan fingerprint density at radius 3 is 2.53 bits per heavy atom. The fourth-order valence-electron chi connectivity index (χ4n) is 2.46. The number of carbonyl (C=O) groups excluding carboxylic acids is 1. The van der Waals surface area contributed by atoms with E-state index in [1.807, 2.05) is 11.8 Å². The van der Waals surface area contributed by atoms with Gasteiger partial charge >= 0.3 is 0 Å². The van der Waals surface area contributed by atoms with Crippen molar-refractivity contribution in [2.45, 2.75) is 31.8 Å². The number of hydrogen-bond acceptors (Lipinski definition) is 4. The van der Waals surface area contributed by atoms with Gasteiger partial charge in [0.25, 0.3) is 0 Å². The summed E-state index contributed by atoms with van der Waals surface area (Å²) in [4.78, 5) is 16.3. The van der Waals surface area contributed by atoms with Crippen molar-refractivity contribution in [3.63, 3.8) is 0 Å². The number of likely N-dealkylation sites (tertiary alicyclic amines) is 1. The van der Waals surface area contributed by atoms with Crippen LogP contribution in [-0.2, 0) is 9.53 Å². The van der Waals surface area contributed by atoms with Crippen LogP contribution in [0.5, 0.6) is 0 Å². The third kappa shape index (κ3) is 2.61. The van der Waals surface area contributed by atoms with Crippen LogP contribution in [0.15, 0.2) is 0 Å². The minimum absolute atomic E-state index is 0.0451. The summed E-state index contributed by atoms with van der Waals surface area (Å²) in [6, 6.07) is -0.0451. The predicted octanol–water partition coefficient (Wildman–Crippen LogP) is -0.343. The Kier molecular flexibility index (Phi) is 3.70. The first-order chi connectivity index (χ1) is 8.06. The van der Waals surface area contributed by atoms with Crippen LogP contribution in [0.3, 0.4) is 0 Å². The number of ether oxygens (including phenoxy) is 1. The van der Waals surface area contributed by atoms with Crippen LogP contribution in [0.1, 0.15) is 20.3 Å². The Hall–Kier alpha value is -0.650. The molecule has 2 aliphatic heterocycles. The van der Waals surface area contributed by atoms with E-state index >= 15 is 0 Å². The molecule has 1 unspecified atom stereocenters. The van der Waals surface area contributed by atoms with Crippen LogP contribution in [0.2, 0.25) is 0 Å². The Bertz CT molecular complexity index is 283. The average molecular weight is 241 g/mol. The molecule has 1 amide bonds. The molecule has 5 nitrogen and oxygen atoms in total.